The largest absolute Gasteiger partial charge is 0.412 e. The van der Waals surface area contributed by atoms with Gasteiger partial charge in [-0.25, -0.2) is 0 Å². The molecular formula is C14H13F6O3P. The van der Waals surface area contributed by atoms with Gasteiger partial charge in [0.1, 0.15) is 0 Å². The van der Waals surface area contributed by atoms with Gasteiger partial charge in [0.2, 0.25) is 0 Å². The van der Waals surface area contributed by atoms with Gasteiger partial charge in [-0.1, -0.05) is 48.6 Å². The van der Waals surface area contributed by atoms with Crippen molar-refractivity contribution in [2.45, 2.75) is 12.4 Å². The topological polar surface area (TPSA) is 35.5 Å². The summed E-state index contributed by atoms with van der Waals surface area (Å²) in [5.74, 6) is 0.546. The molecule has 0 spiro atoms. The first-order chi connectivity index (χ1) is 11.0. The van der Waals surface area contributed by atoms with E-state index in [2.05, 4.69) is 9.05 Å². The van der Waals surface area contributed by atoms with Crippen molar-refractivity contribution in [3.63, 3.8) is 0 Å². The van der Waals surface area contributed by atoms with Crippen LogP contribution in [0.1, 0.15) is 5.56 Å². The molecule has 0 atom stereocenters. The maximum Gasteiger partial charge on any atom is 0.412 e. The standard InChI is InChI=1S/C14H13F6O3P/c15-13(16,17)10-22-24(21,23-11-14(18,19)20)9-5-4-8-12-6-2-1-3-7-12/h1-9H,10-11H2/b8-4+,9-5-. The van der Waals surface area contributed by atoms with Crippen LogP contribution >= 0.6 is 7.60 Å². The predicted octanol–water partition coefficient (Wildman–Crippen LogP) is 5.56. The number of hydrogen-bond acceptors (Lipinski definition) is 3. The summed E-state index contributed by atoms with van der Waals surface area (Å²) in [6.45, 7) is -3.98. The van der Waals surface area contributed by atoms with E-state index in [-0.39, 0.29) is 0 Å². The fourth-order valence-corrected chi connectivity index (χ4v) is 2.55. The van der Waals surface area contributed by atoms with Crippen LogP contribution in [0.5, 0.6) is 0 Å². The van der Waals surface area contributed by atoms with E-state index in [1.807, 2.05) is 0 Å². The molecule has 0 N–H and O–H groups in total. The molecule has 0 saturated carbocycles. The average Bonchev–Trinajstić information content (AvgIpc) is 2.48. The Morgan fingerprint density at radius 2 is 1.38 bits per heavy atom. The first kappa shape index (κ1) is 20.5. The highest BCUT2D eigenvalue weighted by Gasteiger charge is 2.37. The Balaban J connectivity index is 2.78. The summed E-state index contributed by atoms with van der Waals surface area (Å²) in [6.07, 6.45) is -5.92. The number of rotatable bonds is 7. The normalized spacial score (nSPS) is 13.9. The van der Waals surface area contributed by atoms with Crippen LogP contribution in [0.2, 0.25) is 0 Å². The van der Waals surface area contributed by atoms with Crippen molar-refractivity contribution < 1.29 is 40.0 Å². The van der Waals surface area contributed by atoms with Crippen LogP contribution < -0.4 is 0 Å². The minimum Gasteiger partial charge on any atom is -0.296 e. The first-order valence-electron chi connectivity index (χ1n) is 6.42. The van der Waals surface area contributed by atoms with Crippen molar-refractivity contribution in [3.05, 3.63) is 53.9 Å². The van der Waals surface area contributed by atoms with Crippen LogP contribution in [0.4, 0.5) is 26.3 Å². The minimum atomic E-state index is -4.86. The fourth-order valence-electron chi connectivity index (χ4n) is 1.34. The number of halogens is 6. The molecule has 0 amide bonds. The summed E-state index contributed by atoms with van der Waals surface area (Å²) in [5.41, 5.74) is 0.726. The lowest BCUT2D eigenvalue weighted by Gasteiger charge is -2.17. The van der Waals surface area contributed by atoms with Gasteiger partial charge < -0.3 is 0 Å². The highest BCUT2D eigenvalue weighted by atomic mass is 31.2. The summed E-state index contributed by atoms with van der Waals surface area (Å²) in [6, 6.07) is 8.64. The maximum atomic E-state index is 12.1. The van der Waals surface area contributed by atoms with Crippen LogP contribution in [-0.2, 0) is 13.6 Å². The van der Waals surface area contributed by atoms with Crippen molar-refractivity contribution in [2.75, 3.05) is 13.2 Å². The van der Waals surface area contributed by atoms with Gasteiger partial charge in [0.15, 0.2) is 13.2 Å². The molecule has 0 aliphatic heterocycles. The molecule has 0 heterocycles. The number of benzene rings is 1. The van der Waals surface area contributed by atoms with Gasteiger partial charge in [-0.15, -0.1) is 0 Å². The Kier molecular flexibility index (Phi) is 7.26. The van der Waals surface area contributed by atoms with Gasteiger partial charge in [-0.05, 0) is 5.56 Å². The van der Waals surface area contributed by atoms with Crippen LogP contribution in [0.3, 0.4) is 0 Å². The van der Waals surface area contributed by atoms with Gasteiger partial charge >= 0.3 is 19.9 Å². The highest BCUT2D eigenvalue weighted by Crippen LogP contribution is 2.51. The van der Waals surface area contributed by atoms with Crippen molar-refractivity contribution in [3.8, 4) is 0 Å². The zero-order valence-corrected chi connectivity index (χ0v) is 12.9. The molecule has 0 saturated heterocycles. The Morgan fingerprint density at radius 3 is 1.83 bits per heavy atom. The van der Waals surface area contributed by atoms with Gasteiger partial charge in [-0.2, -0.15) is 26.3 Å². The molecule has 1 aromatic carbocycles. The average molecular weight is 374 g/mol. The molecule has 1 aromatic rings. The second kappa shape index (κ2) is 8.50. The lowest BCUT2D eigenvalue weighted by Crippen LogP contribution is -2.19. The van der Waals surface area contributed by atoms with Crippen molar-refractivity contribution in [1.29, 1.82) is 0 Å². The van der Waals surface area contributed by atoms with Gasteiger partial charge in [0.25, 0.3) is 0 Å². The minimum absolute atomic E-state index is 0.546. The van der Waals surface area contributed by atoms with E-state index in [0.717, 1.165) is 11.6 Å². The Labute approximate surface area is 134 Å². The van der Waals surface area contributed by atoms with E-state index in [4.69, 9.17) is 0 Å². The number of hydrogen-bond donors (Lipinski definition) is 0. The van der Waals surface area contributed by atoms with E-state index < -0.39 is 33.2 Å². The molecule has 0 aromatic heterocycles. The quantitative estimate of drug-likeness (QED) is 0.356. The predicted molar refractivity (Wildman–Crippen MR) is 76.2 cm³/mol. The number of alkyl halides is 6. The Hall–Kier alpha value is -1.57. The SMILES string of the molecule is O=P(/C=C\C=C\c1ccccc1)(OCC(F)(F)F)OCC(F)(F)F. The fraction of sp³-hybridized carbons (Fsp3) is 0.286. The smallest absolute Gasteiger partial charge is 0.296 e. The summed E-state index contributed by atoms with van der Waals surface area (Å²) in [5, 5.41) is 0. The Bertz CT molecular complexity index is 585. The van der Waals surface area contributed by atoms with E-state index in [0.29, 0.717) is 5.82 Å². The van der Waals surface area contributed by atoms with E-state index >= 15 is 0 Å². The van der Waals surface area contributed by atoms with Crippen LogP contribution in [0, 0.1) is 0 Å². The lowest BCUT2D eigenvalue weighted by atomic mass is 10.2. The lowest BCUT2D eigenvalue weighted by molar-refractivity contribution is -0.164. The molecule has 0 radical (unpaired) electrons. The number of allylic oxidation sites excluding steroid dienone is 2. The molecule has 0 aliphatic rings. The third kappa shape index (κ3) is 9.54. The van der Waals surface area contributed by atoms with Crippen LogP contribution in [-0.4, -0.2) is 25.6 Å². The van der Waals surface area contributed by atoms with Crippen LogP contribution in [0.15, 0.2) is 48.3 Å². The van der Waals surface area contributed by atoms with Crippen molar-refractivity contribution in [2.24, 2.45) is 0 Å². The molecule has 3 nitrogen and oxygen atoms in total. The summed E-state index contributed by atoms with van der Waals surface area (Å²) < 4.78 is 92.7. The maximum absolute atomic E-state index is 12.1. The molecule has 24 heavy (non-hydrogen) atoms. The zero-order chi connectivity index (χ0) is 18.3. The van der Waals surface area contributed by atoms with Gasteiger partial charge in [0.05, 0.1) is 0 Å². The Morgan fingerprint density at radius 1 is 0.875 bits per heavy atom. The zero-order valence-electron chi connectivity index (χ0n) is 12.1. The molecular weight excluding hydrogens is 361 g/mol. The van der Waals surface area contributed by atoms with Crippen LogP contribution in [0.25, 0.3) is 6.08 Å². The third-order valence-electron chi connectivity index (χ3n) is 2.28. The van der Waals surface area contributed by atoms with Crippen molar-refractivity contribution >= 4 is 13.7 Å². The molecule has 10 heteroatoms. The molecule has 1 rings (SSSR count). The highest BCUT2D eigenvalue weighted by molar-refractivity contribution is 7.57. The molecule has 0 unspecified atom stereocenters. The van der Waals surface area contributed by atoms with E-state index in [1.165, 1.54) is 12.2 Å². The summed E-state index contributed by atoms with van der Waals surface area (Å²) >= 11 is 0. The summed E-state index contributed by atoms with van der Waals surface area (Å²) in [7, 11) is -4.71. The summed E-state index contributed by atoms with van der Waals surface area (Å²) in [4.78, 5) is 0. The monoisotopic (exact) mass is 374 g/mol. The van der Waals surface area contributed by atoms with Crippen molar-refractivity contribution in [1.82, 2.24) is 0 Å². The van der Waals surface area contributed by atoms with E-state index in [1.54, 1.807) is 30.3 Å². The third-order valence-corrected chi connectivity index (χ3v) is 3.80. The molecule has 0 aliphatic carbocycles. The second-order valence-electron chi connectivity index (χ2n) is 4.43. The van der Waals surface area contributed by atoms with E-state index in [9.17, 15) is 30.9 Å². The molecule has 0 bridgehead atoms. The van der Waals surface area contributed by atoms with Gasteiger partial charge in [0, 0.05) is 5.82 Å². The first-order valence-corrected chi connectivity index (χ1v) is 8.04. The second-order valence-corrected chi connectivity index (χ2v) is 6.32. The molecule has 0 fully saturated rings. The molecule has 134 valence electrons. The van der Waals surface area contributed by atoms with Gasteiger partial charge in [-0.3, -0.25) is 13.6 Å².